The number of nitrogens with zero attached hydrogens (tertiary/aromatic N) is 1. The van der Waals surface area contributed by atoms with Crippen molar-refractivity contribution in [3.8, 4) is 0 Å². The second kappa shape index (κ2) is 7.53. The van der Waals surface area contributed by atoms with E-state index in [1.54, 1.807) is 32.9 Å². The van der Waals surface area contributed by atoms with Gasteiger partial charge in [0.1, 0.15) is 22.8 Å². The number of halogens is 1. The van der Waals surface area contributed by atoms with Crippen molar-refractivity contribution in [1.29, 1.82) is 0 Å². The lowest BCUT2D eigenvalue weighted by Crippen LogP contribution is -2.34. The molecule has 128 valence electrons. The van der Waals surface area contributed by atoms with Crippen LogP contribution in [0, 0.1) is 5.82 Å². The molecule has 0 spiro atoms. The maximum absolute atomic E-state index is 12.9. The highest BCUT2D eigenvalue weighted by molar-refractivity contribution is 7.13. The minimum Gasteiger partial charge on any atom is -0.459 e. The summed E-state index contributed by atoms with van der Waals surface area (Å²) in [5.41, 5.74) is 0.320. The summed E-state index contributed by atoms with van der Waals surface area (Å²) in [4.78, 5) is 28.2. The average molecular weight is 350 g/mol. The van der Waals surface area contributed by atoms with Crippen LogP contribution in [0.15, 0.2) is 30.5 Å². The van der Waals surface area contributed by atoms with Gasteiger partial charge < -0.3 is 10.1 Å². The monoisotopic (exact) mass is 350 g/mol. The zero-order valence-electron chi connectivity index (χ0n) is 13.8. The Hall–Kier alpha value is -2.28. The number of amides is 1. The third-order valence-electron chi connectivity index (χ3n) is 2.86. The van der Waals surface area contributed by atoms with Gasteiger partial charge in [-0.05, 0) is 38.5 Å². The van der Waals surface area contributed by atoms with E-state index >= 15 is 0 Å². The van der Waals surface area contributed by atoms with Gasteiger partial charge >= 0.3 is 5.97 Å². The van der Waals surface area contributed by atoms with Crippen LogP contribution in [-0.2, 0) is 16.0 Å². The number of esters is 1. The maximum atomic E-state index is 12.9. The van der Waals surface area contributed by atoms with Gasteiger partial charge in [-0.2, -0.15) is 0 Å². The molecule has 24 heavy (non-hydrogen) atoms. The van der Waals surface area contributed by atoms with Gasteiger partial charge in [-0.15, -0.1) is 11.3 Å². The molecule has 0 aliphatic heterocycles. The van der Waals surface area contributed by atoms with Crippen molar-refractivity contribution < 1.29 is 18.7 Å². The lowest BCUT2D eigenvalue weighted by molar-refractivity contribution is -0.153. The minimum absolute atomic E-state index is 0.193. The van der Waals surface area contributed by atoms with E-state index in [-0.39, 0.29) is 18.3 Å². The Bertz CT molecular complexity index is 720. The van der Waals surface area contributed by atoms with Crippen molar-refractivity contribution in [3.63, 3.8) is 0 Å². The summed E-state index contributed by atoms with van der Waals surface area (Å²) in [6.07, 6.45) is 1.98. The molecule has 0 saturated heterocycles. The highest BCUT2D eigenvalue weighted by Crippen LogP contribution is 2.17. The van der Waals surface area contributed by atoms with Crippen molar-refractivity contribution in [2.45, 2.75) is 32.8 Å². The maximum Gasteiger partial charge on any atom is 0.325 e. The standard InChI is InChI=1S/C17H19FN2O3S/c1-17(2,3)23-15(21)10-20-16(22)13-9-19-14(24-13)8-11-4-6-12(18)7-5-11/h4-7,9H,8,10H2,1-3H3,(H,20,22). The molecule has 0 saturated carbocycles. The number of nitrogens with one attached hydrogen (secondary N) is 1. The normalized spacial score (nSPS) is 11.2. The molecule has 0 atom stereocenters. The van der Waals surface area contributed by atoms with Gasteiger partial charge in [0.05, 0.1) is 11.2 Å². The summed E-state index contributed by atoms with van der Waals surface area (Å²) < 4.78 is 18.0. The summed E-state index contributed by atoms with van der Waals surface area (Å²) in [7, 11) is 0. The highest BCUT2D eigenvalue weighted by Gasteiger charge is 2.18. The fraction of sp³-hybridized carbons (Fsp3) is 0.353. The molecule has 0 radical (unpaired) electrons. The Morgan fingerprint density at radius 1 is 1.25 bits per heavy atom. The third-order valence-corrected chi connectivity index (χ3v) is 3.86. The zero-order chi connectivity index (χ0) is 17.7. The molecule has 7 heteroatoms. The van der Waals surface area contributed by atoms with E-state index in [4.69, 9.17) is 4.74 Å². The second-order valence-electron chi connectivity index (χ2n) is 6.19. The number of hydrogen-bond acceptors (Lipinski definition) is 5. The van der Waals surface area contributed by atoms with Crippen molar-refractivity contribution in [3.05, 3.63) is 51.7 Å². The summed E-state index contributed by atoms with van der Waals surface area (Å²) >= 11 is 1.24. The number of carbonyl (C=O) groups excluding carboxylic acids is 2. The van der Waals surface area contributed by atoms with Crippen LogP contribution in [0.2, 0.25) is 0 Å². The van der Waals surface area contributed by atoms with E-state index < -0.39 is 11.6 Å². The predicted octanol–water partition coefficient (Wildman–Crippen LogP) is 2.94. The second-order valence-corrected chi connectivity index (χ2v) is 7.31. The number of ether oxygens (including phenoxy) is 1. The topological polar surface area (TPSA) is 68.3 Å². The van der Waals surface area contributed by atoms with Crippen molar-refractivity contribution >= 4 is 23.2 Å². The SMILES string of the molecule is CC(C)(C)OC(=O)CNC(=O)c1cnc(Cc2ccc(F)cc2)s1. The summed E-state index contributed by atoms with van der Waals surface area (Å²) in [5, 5.41) is 3.25. The number of carbonyl (C=O) groups is 2. The van der Waals surface area contributed by atoms with Crippen LogP contribution >= 0.6 is 11.3 Å². The van der Waals surface area contributed by atoms with Gasteiger partial charge in [-0.25, -0.2) is 9.37 Å². The molecule has 0 unspecified atom stereocenters. The first kappa shape index (κ1) is 18.1. The molecule has 1 amide bonds. The largest absolute Gasteiger partial charge is 0.459 e. The van der Waals surface area contributed by atoms with Crippen molar-refractivity contribution in [1.82, 2.24) is 10.3 Å². The lowest BCUT2D eigenvalue weighted by atomic mass is 10.2. The number of benzene rings is 1. The highest BCUT2D eigenvalue weighted by atomic mass is 32.1. The van der Waals surface area contributed by atoms with Gasteiger partial charge in [0.25, 0.3) is 5.91 Å². The molecule has 2 aromatic rings. The minimum atomic E-state index is -0.589. The van der Waals surface area contributed by atoms with Crippen molar-refractivity contribution in [2.24, 2.45) is 0 Å². The van der Waals surface area contributed by atoms with Crippen LogP contribution in [0.1, 0.15) is 41.0 Å². The molecule has 0 aliphatic rings. The first-order chi connectivity index (χ1) is 11.2. The van der Waals surface area contributed by atoms with Crippen LogP contribution in [0.5, 0.6) is 0 Å². The van der Waals surface area contributed by atoms with Crippen LogP contribution in [0.25, 0.3) is 0 Å². The average Bonchev–Trinajstić information content (AvgIpc) is 2.94. The fourth-order valence-electron chi connectivity index (χ4n) is 1.89. The Labute approximate surface area is 143 Å². The summed E-state index contributed by atoms with van der Waals surface area (Å²) in [6, 6.07) is 6.13. The molecule has 0 aliphatic carbocycles. The Kier molecular flexibility index (Phi) is 5.66. The first-order valence-electron chi connectivity index (χ1n) is 7.42. The summed E-state index contributed by atoms with van der Waals surface area (Å²) in [6.45, 7) is 5.09. The molecule has 0 bridgehead atoms. The van der Waals surface area contributed by atoms with Crippen LogP contribution in [-0.4, -0.2) is 29.0 Å². The van der Waals surface area contributed by atoms with Gasteiger partial charge in [-0.1, -0.05) is 12.1 Å². The summed E-state index contributed by atoms with van der Waals surface area (Å²) in [5.74, 6) is -1.16. The molecule has 2 rings (SSSR count). The molecule has 1 heterocycles. The molecule has 5 nitrogen and oxygen atoms in total. The van der Waals surface area contributed by atoms with E-state index in [0.717, 1.165) is 10.6 Å². The van der Waals surface area contributed by atoms with E-state index in [1.807, 2.05) is 0 Å². The van der Waals surface area contributed by atoms with Gasteiger partial charge in [0.2, 0.25) is 0 Å². The molecular weight excluding hydrogens is 331 g/mol. The van der Waals surface area contributed by atoms with Gasteiger partial charge in [-0.3, -0.25) is 9.59 Å². The van der Waals surface area contributed by atoms with E-state index in [9.17, 15) is 14.0 Å². The number of rotatable bonds is 5. The van der Waals surface area contributed by atoms with E-state index in [0.29, 0.717) is 11.3 Å². The molecule has 1 N–H and O–H groups in total. The Balaban J connectivity index is 1.89. The number of aromatic nitrogens is 1. The van der Waals surface area contributed by atoms with Gasteiger partial charge in [0, 0.05) is 6.42 Å². The Morgan fingerprint density at radius 2 is 1.92 bits per heavy atom. The Morgan fingerprint density at radius 3 is 2.54 bits per heavy atom. The van der Waals surface area contributed by atoms with Crippen molar-refractivity contribution in [2.75, 3.05) is 6.54 Å². The number of thiazole rings is 1. The van der Waals surface area contributed by atoms with Crippen LogP contribution in [0.4, 0.5) is 4.39 Å². The fourth-order valence-corrected chi connectivity index (χ4v) is 2.76. The van der Waals surface area contributed by atoms with Gasteiger partial charge in [0.15, 0.2) is 0 Å². The van der Waals surface area contributed by atoms with Crippen LogP contribution in [0.3, 0.4) is 0 Å². The molecule has 1 aromatic carbocycles. The molecule has 1 aromatic heterocycles. The molecular formula is C17H19FN2O3S. The smallest absolute Gasteiger partial charge is 0.325 e. The third kappa shape index (κ3) is 5.73. The zero-order valence-corrected chi connectivity index (χ0v) is 14.6. The van der Waals surface area contributed by atoms with E-state index in [2.05, 4.69) is 10.3 Å². The van der Waals surface area contributed by atoms with Crippen LogP contribution < -0.4 is 5.32 Å². The lowest BCUT2D eigenvalue weighted by Gasteiger charge is -2.19. The first-order valence-corrected chi connectivity index (χ1v) is 8.24. The number of hydrogen-bond donors (Lipinski definition) is 1. The predicted molar refractivity (Wildman–Crippen MR) is 89.5 cm³/mol. The van der Waals surface area contributed by atoms with E-state index in [1.165, 1.54) is 29.7 Å². The quantitative estimate of drug-likeness (QED) is 0.842. The molecule has 0 fully saturated rings.